The Hall–Kier alpha value is -1.46. The third-order valence-electron chi connectivity index (χ3n) is 2.26. The second-order valence-corrected chi connectivity index (χ2v) is 3.22. The highest BCUT2D eigenvalue weighted by molar-refractivity contribution is 5.36. The van der Waals surface area contributed by atoms with E-state index in [1.165, 1.54) is 0 Å². The van der Waals surface area contributed by atoms with Gasteiger partial charge in [0.15, 0.2) is 0 Å². The van der Waals surface area contributed by atoms with Crippen LogP contribution in [0.2, 0.25) is 0 Å². The molecule has 0 amide bonds. The van der Waals surface area contributed by atoms with Crippen molar-refractivity contribution in [1.82, 2.24) is 5.32 Å². The first kappa shape index (κ1) is 11.6. The lowest BCUT2D eigenvalue weighted by Gasteiger charge is -2.17. The summed E-state index contributed by atoms with van der Waals surface area (Å²) in [6.07, 6.45) is 6.00. The number of para-hydroxylation sites is 1. The van der Waals surface area contributed by atoms with Gasteiger partial charge in [-0.3, -0.25) is 0 Å². The molecule has 0 spiro atoms. The van der Waals surface area contributed by atoms with Crippen molar-refractivity contribution >= 4 is 0 Å². The molecule has 1 aromatic carbocycles. The molecule has 15 heavy (non-hydrogen) atoms. The summed E-state index contributed by atoms with van der Waals surface area (Å²) in [5, 5.41) is 3.20. The molecule has 0 saturated carbocycles. The average molecular weight is 203 g/mol. The number of hydrogen-bond acceptors (Lipinski definition) is 2. The third kappa shape index (κ3) is 3.00. The maximum Gasteiger partial charge on any atom is 0.124 e. The Morgan fingerprint density at radius 1 is 1.47 bits per heavy atom. The number of nitrogens with one attached hydrogen (secondary N) is 1. The SMILES string of the molecule is C#CCC(NC)c1ccccc1OCC. The highest BCUT2D eigenvalue weighted by atomic mass is 16.5. The van der Waals surface area contributed by atoms with Crippen LogP contribution in [-0.4, -0.2) is 13.7 Å². The fraction of sp³-hybridized carbons (Fsp3) is 0.385. The van der Waals surface area contributed by atoms with E-state index in [1.54, 1.807) is 0 Å². The smallest absolute Gasteiger partial charge is 0.124 e. The summed E-state index contributed by atoms with van der Waals surface area (Å²) < 4.78 is 5.56. The highest BCUT2D eigenvalue weighted by Gasteiger charge is 2.12. The van der Waals surface area contributed by atoms with Crippen LogP contribution in [0.25, 0.3) is 0 Å². The minimum absolute atomic E-state index is 0.165. The van der Waals surface area contributed by atoms with E-state index in [0.717, 1.165) is 11.3 Å². The lowest BCUT2D eigenvalue weighted by Crippen LogP contribution is -2.16. The largest absolute Gasteiger partial charge is 0.494 e. The van der Waals surface area contributed by atoms with Gasteiger partial charge in [-0.15, -0.1) is 12.3 Å². The van der Waals surface area contributed by atoms with Crippen LogP contribution in [0.1, 0.15) is 24.9 Å². The predicted octanol–water partition coefficient (Wildman–Crippen LogP) is 2.37. The first-order chi connectivity index (χ1) is 7.33. The molecule has 0 aromatic heterocycles. The number of benzene rings is 1. The van der Waals surface area contributed by atoms with Gasteiger partial charge in [-0.25, -0.2) is 0 Å². The van der Waals surface area contributed by atoms with Gasteiger partial charge in [0, 0.05) is 18.0 Å². The average Bonchev–Trinajstić information content (AvgIpc) is 2.27. The van der Waals surface area contributed by atoms with E-state index in [9.17, 15) is 0 Å². The lowest BCUT2D eigenvalue weighted by atomic mass is 10.0. The molecule has 1 aromatic rings. The Bertz CT molecular complexity index is 341. The molecule has 1 N–H and O–H groups in total. The van der Waals surface area contributed by atoms with Gasteiger partial charge in [-0.1, -0.05) is 18.2 Å². The number of terminal acetylenes is 1. The van der Waals surface area contributed by atoms with Crippen molar-refractivity contribution in [3.63, 3.8) is 0 Å². The minimum atomic E-state index is 0.165. The molecule has 0 aliphatic heterocycles. The second kappa shape index (κ2) is 6.10. The van der Waals surface area contributed by atoms with E-state index in [-0.39, 0.29) is 6.04 Å². The fourth-order valence-electron chi connectivity index (χ4n) is 1.54. The predicted molar refractivity (Wildman–Crippen MR) is 62.9 cm³/mol. The minimum Gasteiger partial charge on any atom is -0.494 e. The zero-order valence-corrected chi connectivity index (χ0v) is 9.29. The van der Waals surface area contributed by atoms with E-state index >= 15 is 0 Å². The zero-order chi connectivity index (χ0) is 11.1. The van der Waals surface area contributed by atoms with Crippen molar-refractivity contribution in [2.45, 2.75) is 19.4 Å². The number of ether oxygens (including phenoxy) is 1. The van der Waals surface area contributed by atoms with Gasteiger partial charge in [0.05, 0.1) is 6.61 Å². The van der Waals surface area contributed by atoms with Gasteiger partial charge in [0.2, 0.25) is 0 Å². The van der Waals surface area contributed by atoms with Crippen molar-refractivity contribution in [3.8, 4) is 18.1 Å². The Labute approximate surface area is 91.6 Å². The first-order valence-corrected chi connectivity index (χ1v) is 5.16. The number of rotatable bonds is 5. The van der Waals surface area contributed by atoms with E-state index in [0.29, 0.717) is 13.0 Å². The molecule has 0 fully saturated rings. The van der Waals surface area contributed by atoms with Crippen molar-refractivity contribution in [2.75, 3.05) is 13.7 Å². The molecule has 2 heteroatoms. The summed E-state index contributed by atoms with van der Waals surface area (Å²) in [6.45, 7) is 2.65. The summed E-state index contributed by atoms with van der Waals surface area (Å²) in [5.74, 6) is 3.58. The summed E-state index contributed by atoms with van der Waals surface area (Å²) in [7, 11) is 1.91. The van der Waals surface area contributed by atoms with Crippen LogP contribution in [0.15, 0.2) is 24.3 Å². The molecule has 0 heterocycles. The van der Waals surface area contributed by atoms with Crippen LogP contribution in [-0.2, 0) is 0 Å². The molecule has 2 nitrogen and oxygen atoms in total. The van der Waals surface area contributed by atoms with Crippen molar-refractivity contribution < 1.29 is 4.74 Å². The molecule has 1 atom stereocenters. The molecule has 0 radical (unpaired) electrons. The Kier molecular flexibility index (Phi) is 4.73. The Morgan fingerprint density at radius 3 is 2.80 bits per heavy atom. The van der Waals surface area contributed by atoms with Gasteiger partial charge in [-0.2, -0.15) is 0 Å². The van der Waals surface area contributed by atoms with E-state index in [1.807, 2.05) is 38.2 Å². The highest BCUT2D eigenvalue weighted by Crippen LogP contribution is 2.26. The molecule has 0 aliphatic carbocycles. The zero-order valence-electron chi connectivity index (χ0n) is 9.29. The quantitative estimate of drug-likeness (QED) is 0.742. The summed E-state index contributed by atoms with van der Waals surface area (Å²) in [4.78, 5) is 0. The van der Waals surface area contributed by atoms with Crippen LogP contribution < -0.4 is 10.1 Å². The Morgan fingerprint density at radius 2 is 2.20 bits per heavy atom. The molecule has 1 unspecified atom stereocenters. The summed E-state index contributed by atoms with van der Waals surface area (Å²) in [5.41, 5.74) is 1.12. The summed E-state index contributed by atoms with van der Waals surface area (Å²) in [6, 6.07) is 8.15. The van der Waals surface area contributed by atoms with Gasteiger partial charge >= 0.3 is 0 Å². The fourth-order valence-corrected chi connectivity index (χ4v) is 1.54. The van der Waals surface area contributed by atoms with Crippen LogP contribution in [0.5, 0.6) is 5.75 Å². The van der Waals surface area contributed by atoms with Crippen molar-refractivity contribution in [2.24, 2.45) is 0 Å². The maximum atomic E-state index is 5.56. The monoisotopic (exact) mass is 203 g/mol. The maximum absolute atomic E-state index is 5.56. The standard InChI is InChI=1S/C13H17NO/c1-4-8-12(14-3)11-9-6-7-10-13(11)15-5-2/h1,6-7,9-10,12,14H,5,8H2,2-3H3. The lowest BCUT2D eigenvalue weighted by molar-refractivity contribution is 0.332. The molecule has 0 aliphatic rings. The molecule has 80 valence electrons. The molecule has 0 bridgehead atoms. The van der Waals surface area contributed by atoms with Crippen LogP contribution in [0.4, 0.5) is 0 Å². The summed E-state index contributed by atoms with van der Waals surface area (Å²) >= 11 is 0. The third-order valence-corrected chi connectivity index (χ3v) is 2.26. The molecule has 1 rings (SSSR count). The second-order valence-electron chi connectivity index (χ2n) is 3.22. The number of hydrogen-bond donors (Lipinski definition) is 1. The van der Waals surface area contributed by atoms with Gasteiger partial charge in [0.25, 0.3) is 0 Å². The van der Waals surface area contributed by atoms with E-state index in [4.69, 9.17) is 11.2 Å². The molecular weight excluding hydrogens is 186 g/mol. The van der Waals surface area contributed by atoms with E-state index < -0.39 is 0 Å². The molecule has 0 saturated heterocycles. The van der Waals surface area contributed by atoms with Gasteiger partial charge < -0.3 is 10.1 Å². The van der Waals surface area contributed by atoms with Gasteiger partial charge in [0.1, 0.15) is 5.75 Å². The van der Waals surface area contributed by atoms with Crippen molar-refractivity contribution in [1.29, 1.82) is 0 Å². The van der Waals surface area contributed by atoms with Crippen molar-refractivity contribution in [3.05, 3.63) is 29.8 Å². The van der Waals surface area contributed by atoms with E-state index in [2.05, 4.69) is 11.2 Å². The van der Waals surface area contributed by atoms with Crippen LogP contribution in [0, 0.1) is 12.3 Å². The first-order valence-electron chi connectivity index (χ1n) is 5.16. The molecular formula is C13H17NO. The van der Waals surface area contributed by atoms with Gasteiger partial charge in [-0.05, 0) is 20.0 Å². The Balaban J connectivity index is 2.94. The normalized spacial score (nSPS) is 11.8. The van der Waals surface area contributed by atoms with Crippen LogP contribution in [0.3, 0.4) is 0 Å². The van der Waals surface area contributed by atoms with Crippen LogP contribution >= 0.6 is 0 Å². The topological polar surface area (TPSA) is 21.3 Å².